The van der Waals surface area contributed by atoms with Crippen LogP contribution in [0.25, 0.3) is 0 Å². The van der Waals surface area contributed by atoms with Crippen molar-refractivity contribution in [2.45, 2.75) is 45.4 Å². The quantitative estimate of drug-likeness (QED) is 0.732. The number of anilines is 1. The molecule has 4 heteroatoms. The highest BCUT2D eigenvalue weighted by molar-refractivity contribution is 5.64. The molecular formula is C23H23N3O. The SMILES string of the molecule is CC1=CC(=C(C#N)C#N)CC(=CCc2cc3c4c(c2)CCCN4CCC3)O1. The molecule has 0 amide bonds. The Labute approximate surface area is 160 Å². The van der Waals surface area contributed by atoms with Crippen molar-refractivity contribution in [3.05, 3.63) is 63.6 Å². The van der Waals surface area contributed by atoms with Crippen molar-refractivity contribution in [3.8, 4) is 12.1 Å². The summed E-state index contributed by atoms with van der Waals surface area (Å²) in [5, 5.41) is 18.3. The first kappa shape index (κ1) is 17.4. The van der Waals surface area contributed by atoms with E-state index in [0.717, 1.165) is 23.5 Å². The van der Waals surface area contributed by atoms with Crippen LogP contribution in [0.1, 0.15) is 42.9 Å². The highest BCUT2D eigenvalue weighted by Gasteiger charge is 2.24. The Morgan fingerprint density at radius 3 is 2.44 bits per heavy atom. The van der Waals surface area contributed by atoms with E-state index in [1.807, 2.05) is 19.1 Å². The summed E-state index contributed by atoms with van der Waals surface area (Å²) in [5.74, 6) is 1.54. The van der Waals surface area contributed by atoms with Crippen molar-refractivity contribution in [2.75, 3.05) is 18.0 Å². The Morgan fingerprint density at radius 1 is 1.15 bits per heavy atom. The molecule has 1 aromatic rings. The minimum Gasteiger partial charge on any atom is -0.466 e. The lowest BCUT2D eigenvalue weighted by Crippen LogP contribution is -2.34. The summed E-state index contributed by atoms with van der Waals surface area (Å²) in [4.78, 5) is 2.56. The zero-order valence-electron chi connectivity index (χ0n) is 15.7. The lowest BCUT2D eigenvalue weighted by molar-refractivity contribution is 0.287. The monoisotopic (exact) mass is 357 g/mol. The number of aryl methyl sites for hydroxylation is 2. The first-order valence-corrected chi connectivity index (χ1v) is 9.66. The van der Waals surface area contributed by atoms with Crippen LogP contribution in [0, 0.1) is 22.7 Å². The zero-order valence-corrected chi connectivity index (χ0v) is 15.7. The van der Waals surface area contributed by atoms with Gasteiger partial charge in [0.15, 0.2) is 0 Å². The molecule has 136 valence electrons. The summed E-state index contributed by atoms with van der Waals surface area (Å²) >= 11 is 0. The van der Waals surface area contributed by atoms with E-state index >= 15 is 0 Å². The van der Waals surface area contributed by atoms with Crippen molar-refractivity contribution in [1.82, 2.24) is 0 Å². The molecule has 0 aromatic heterocycles. The molecule has 0 bridgehead atoms. The van der Waals surface area contributed by atoms with Crippen LogP contribution in [-0.4, -0.2) is 13.1 Å². The first-order chi connectivity index (χ1) is 13.2. The lowest BCUT2D eigenvalue weighted by Gasteiger charge is -2.37. The number of hydrogen-bond donors (Lipinski definition) is 0. The third-order valence-electron chi connectivity index (χ3n) is 5.54. The number of allylic oxidation sites excluding steroid dienone is 5. The minimum absolute atomic E-state index is 0.168. The van der Waals surface area contributed by atoms with E-state index in [1.165, 1.54) is 61.2 Å². The van der Waals surface area contributed by atoms with Crippen molar-refractivity contribution < 1.29 is 4.74 Å². The maximum Gasteiger partial charge on any atom is 0.133 e. The molecule has 4 rings (SSSR count). The number of benzene rings is 1. The van der Waals surface area contributed by atoms with E-state index in [4.69, 9.17) is 15.3 Å². The van der Waals surface area contributed by atoms with E-state index in [-0.39, 0.29) is 5.57 Å². The van der Waals surface area contributed by atoms with Crippen molar-refractivity contribution in [2.24, 2.45) is 0 Å². The molecule has 1 aromatic carbocycles. The second kappa shape index (κ2) is 7.33. The molecule has 3 aliphatic heterocycles. The van der Waals surface area contributed by atoms with Crippen LogP contribution < -0.4 is 4.90 Å². The van der Waals surface area contributed by atoms with Gasteiger partial charge in [-0.25, -0.2) is 0 Å². The number of hydrogen-bond acceptors (Lipinski definition) is 4. The zero-order chi connectivity index (χ0) is 18.8. The Balaban J connectivity index is 1.59. The van der Waals surface area contributed by atoms with Gasteiger partial charge < -0.3 is 9.64 Å². The molecular weight excluding hydrogens is 334 g/mol. The Hall–Kier alpha value is -2.98. The summed E-state index contributed by atoms with van der Waals surface area (Å²) in [6.07, 6.45) is 10.0. The van der Waals surface area contributed by atoms with Crippen LogP contribution in [-0.2, 0) is 24.0 Å². The standard InChI is InChI=1S/C23H23N3O/c1-16-10-20(21(14-24)15-25)13-22(27-16)7-6-17-11-18-4-2-8-26-9-3-5-19(12-17)23(18)26/h7,10-12H,2-6,8-9,13H2,1H3. The average molecular weight is 357 g/mol. The molecule has 0 aliphatic carbocycles. The van der Waals surface area contributed by atoms with Crippen molar-refractivity contribution in [1.29, 1.82) is 10.5 Å². The van der Waals surface area contributed by atoms with Gasteiger partial charge in [0.2, 0.25) is 0 Å². The van der Waals surface area contributed by atoms with Crippen LogP contribution in [0.15, 0.2) is 46.9 Å². The first-order valence-electron chi connectivity index (χ1n) is 9.66. The van der Waals surface area contributed by atoms with Gasteiger partial charge in [0.25, 0.3) is 0 Å². The predicted octanol–water partition coefficient (Wildman–Crippen LogP) is 4.48. The van der Waals surface area contributed by atoms with Gasteiger partial charge in [0, 0.05) is 25.2 Å². The van der Waals surface area contributed by atoms with Gasteiger partial charge >= 0.3 is 0 Å². The summed E-state index contributed by atoms with van der Waals surface area (Å²) in [6, 6.07) is 8.67. The molecule has 0 saturated heterocycles. The topological polar surface area (TPSA) is 60.0 Å². The van der Waals surface area contributed by atoms with Crippen LogP contribution in [0.2, 0.25) is 0 Å². The van der Waals surface area contributed by atoms with Gasteiger partial charge in [0.05, 0.1) is 0 Å². The molecule has 0 saturated carbocycles. The van der Waals surface area contributed by atoms with E-state index in [1.54, 1.807) is 6.08 Å². The fourth-order valence-corrected chi connectivity index (χ4v) is 4.42. The molecule has 4 nitrogen and oxygen atoms in total. The Morgan fingerprint density at radius 2 is 1.81 bits per heavy atom. The molecule has 0 fully saturated rings. The number of ether oxygens (including phenoxy) is 1. The molecule has 3 heterocycles. The smallest absolute Gasteiger partial charge is 0.133 e. The second-order valence-corrected chi connectivity index (χ2v) is 7.49. The maximum absolute atomic E-state index is 9.13. The van der Waals surface area contributed by atoms with Crippen molar-refractivity contribution >= 4 is 5.69 Å². The normalized spacial score (nSPS) is 19.5. The molecule has 0 atom stereocenters. The third-order valence-corrected chi connectivity index (χ3v) is 5.54. The van der Waals surface area contributed by atoms with Crippen LogP contribution >= 0.6 is 0 Å². The molecule has 0 N–H and O–H groups in total. The summed E-state index contributed by atoms with van der Waals surface area (Å²) in [6.45, 7) is 4.24. The van der Waals surface area contributed by atoms with Crippen LogP contribution in [0.5, 0.6) is 0 Å². The van der Waals surface area contributed by atoms with E-state index < -0.39 is 0 Å². The summed E-state index contributed by atoms with van der Waals surface area (Å²) in [5.41, 5.74) is 6.71. The van der Waals surface area contributed by atoms with Gasteiger partial charge in [-0.2, -0.15) is 10.5 Å². The van der Waals surface area contributed by atoms with E-state index in [2.05, 4.69) is 23.1 Å². The highest BCUT2D eigenvalue weighted by atomic mass is 16.5. The maximum atomic E-state index is 9.13. The van der Waals surface area contributed by atoms with Crippen molar-refractivity contribution in [3.63, 3.8) is 0 Å². The minimum atomic E-state index is 0.168. The van der Waals surface area contributed by atoms with Gasteiger partial charge in [-0.1, -0.05) is 12.1 Å². The van der Waals surface area contributed by atoms with Crippen LogP contribution in [0.4, 0.5) is 5.69 Å². The van der Waals surface area contributed by atoms with E-state index in [0.29, 0.717) is 6.42 Å². The number of rotatable bonds is 2. The molecule has 3 aliphatic rings. The number of nitrogens with zero attached hydrogens (tertiary/aromatic N) is 3. The fraction of sp³-hybridized carbons (Fsp3) is 0.391. The van der Waals surface area contributed by atoms with Gasteiger partial charge in [-0.15, -0.1) is 0 Å². The largest absolute Gasteiger partial charge is 0.466 e. The second-order valence-electron chi connectivity index (χ2n) is 7.49. The van der Waals surface area contributed by atoms with Gasteiger partial charge in [-0.3, -0.25) is 0 Å². The predicted molar refractivity (Wildman–Crippen MR) is 105 cm³/mol. The van der Waals surface area contributed by atoms with E-state index in [9.17, 15) is 0 Å². The summed E-state index contributed by atoms with van der Waals surface area (Å²) in [7, 11) is 0. The summed E-state index contributed by atoms with van der Waals surface area (Å²) < 4.78 is 5.84. The highest BCUT2D eigenvalue weighted by Crippen LogP contribution is 2.36. The number of nitriles is 2. The Bertz CT molecular complexity index is 906. The average Bonchev–Trinajstić information content (AvgIpc) is 2.67. The third kappa shape index (κ3) is 3.49. The van der Waals surface area contributed by atoms with Gasteiger partial charge in [0.1, 0.15) is 29.2 Å². The molecule has 0 unspecified atom stereocenters. The molecule has 0 radical (unpaired) electrons. The molecule has 0 spiro atoms. The molecule has 27 heavy (non-hydrogen) atoms. The Kier molecular flexibility index (Phi) is 4.73. The van der Waals surface area contributed by atoms with Gasteiger partial charge in [-0.05, 0) is 73.4 Å². The van der Waals surface area contributed by atoms with Crippen LogP contribution in [0.3, 0.4) is 0 Å². The fourth-order valence-electron chi connectivity index (χ4n) is 4.42. The lowest BCUT2D eigenvalue weighted by atomic mass is 9.89.